The number of hydrogen-bond acceptors (Lipinski definition) is 13. The average molecular weight is 1830 g/mol. The lowest BCUT2D eigenvalue weighted by Gasteiger charge is -2.11. The second-order valence-electron chi connectivity index (χ2n) is 36.1. The summed E-state index contributed by atoms with van der Waals surface area (Å²) in [5, 5.41) is 24.2. The molecule has 0 unspecified atom stereocenters. The fourth-order valence-corrected chi connectivity index (χ4v) is 21.5. The van der Waals surface area contributed by atoms with Crippen molar-refractivity contribution in [3.63, 3.8) is 0 Å². The Morgan fingerprint density at radius 2 is 0.503 bits per heavy atom. The molecule has 0 spiro atoms. The Balaban J connectivity index is 0.000000105. The molecule has 0 saturated carbocycles. The van der Waals surface area contributed by atoms with Gasteiger partial charge in [0.25, 0.3) is 0 Å². The van der Waals surface area contributed by atoms with Crippen LogP contribution in [0, 0.1) is 0 Å². The molecule has 16 heterocycles. The summed E-state index contributed by atoms with van der Waals surface area (Å²) >= 11 is 0. The number of nitrogens with zero attached hydrogens (tertiary/aromatic N) is 16. The molecule has 0 N–H and O–H groups in total. The number of benzene rings is 14. The smallest absolute Gasteiger partial charge is 0.137 e. The first-order valence-electron chi connectivity index (χ1n) is 47.6. The lowest BCUT2D eigenvalue weighted by Crippen LogP contribution is -1.97. The van der Waals surface area contributed by atoms with Crippen molar-refractivity contribution in [2.75, 3.05) is 0 Å². The summed E-state index contributed by atoms with van der Waals surface area (Å²) in [5.74, 6) is 2.59. The van der Waals surface area contributed by atoms with Gasteiger partial charge < -0.3 is 0 Å². The molecule has 16 heteroatoms. The first kappa shape index (κ1) is 81.6. The van der Waals surface area contributed by atoms with Crippen molar-refractivity contribution in [3.05, 3.63) is 463 Å². The van der Waals surface area contributed by atoms with Crippen LogP contribution in [0.5, 0.6) is 0 Å². The predicted molar refractivity (Wildman–Crippen MR) is 584 cm³/mol. The molecule has 16 nitrogen and oxygen atoms in total. The molecule has 0 aliphatic heterocycles. The molecule has 0 bridgehead atoms. The van der Waals surface area contributed by atoms with Gasteiger partial charge in [-0.1, -0.05) is 206 Å². The van der Waals surface area contributed by atoms with Gasteiger partial charge in [0.05, 0.1) is 88.8 Å². The van der Waals surface area contributed by atoms with Crippen LogP contribution in [0.25, 0.3) is 281 Å². The van der Waals surface area contributed by atoms with E-state index in [2.05, 4.69) is 367 Å². The average Bonchev–Trinajstić information content (AvgIpc) is 1.58. The minimum atomic E-state index is 0.857. The monoisotopic (exact) mass is 1820 g/mol. The molecule has 0 saturated heterocycles. The van der Waals surface area contributed by atoms with E-state index < -0.39 is 0 Å². The van der Waals surface area contributed by atoms with Gasteiger partial charge in [0.15, 0.2) is 0 Å². The van der Waals surface area contributed by atoms with Gasteiger partial charge in [0.2, 0.25) is 0 Å². The van der Waals surface area contributed by atoms with Crippen LogP contribution in [-0.4, -0.2) is 78.5 Å². The molecule has 0 radical (unpaired) electrons. The van der Waals surface area contributed by atoms with Crippen LogP contribution in [0.1, 0.15) is 0 Å². The quantitative estimate of drug-likeness (QED) is 0.118. The molecule has 0 fully saturated rings. The van der Waals surface area contributed by atoms with Crippen LogP contribution in [-0.2, 0) is 0 Å². The lowest BCUT2D eigenvalue weighted by atomic mass is 9.99. The maximum atomic E-state index is 5.10. The molecule has 30 rings (SSSR count). The zero-order chi connectivity index (χ0) is 94.1. The normalized spacial score (nSPS) is 11.8. The van der Waals surface area contributed by atoms with Crippen molar-refractivity contribution in [2.45, 2.75) is 0 Å². The van der Waals surface area contributed by atoms with Crippen molar-refractivity contribution < 1.29 is 0 Å². The maximum Gasteiger partial charge on any atom is 0.137 e. The molecule has 0 aliphatic carbocycles. The number of rotatable bonds is 10. The maximum absolute atomic E-state index is 5.10. The second kappa shape index (κ2) is 33.6. The summed E-state index contributed by atoms with van der Waals surface area (Å²) in [6.45, 7) is 0. The molecule has 14 aromatic carbocycles. The van der Waals surface area contributed by atoms with Gasteiger partial charge in [0.1, 0.15) is 17.5 Å². The number of aromatic nitrogens is 16. The highest BCUT2D eigenvalue weighted by Gasteiger charge is 2.25. The van der Waals surface area contributed by atoms with E-state index in [1.54, 1.807) is 6.20 Å². The van der Waals surface area contributed by atoms with Crippen LogP contribution in [0.3, 0.4) is 0 Å². The van der Waals surface area contributed by atoms with Gasteiger partial charge in [-0.25, -0.2) is 19.9 Å². The van der Waals surface area contributed by atoms with Crippen LogP contribution < -0.4 is 0 Å². The van der Waals surface area contributed by atoms with Crippen LogP contribution >= 0.6 is 0 Å². The van der Waals surface area contributed by atoms with Gasteiger partial charge in [0, 0.05) is 200 Å². The third-order valence-corrected chi connectivity index (χ3v) is 28.1. The minimum absolute atomic E-state index is 0.857. The zero-order valence-corrected chi connectivity index (χ0v) is 76.5. The summed E-state index contributed by atoms with van der Waals surface area (Å²) in [4.78, 5) is 62.2. The van der Waals surface area contributed by atoms with E-state index >= 15 is 0 Å². The molecule has 664 valence electrons. The molecule has 0 amide bonds. The summed E-state index contributed by atoms with van der Waals surface area (Å²) < 4.78 is 6.83. The van der Waals surface area contributed by atoms with Crippen molar-refractivity contribution in [3.8, 4) is 95.7 Å². The number of fused-ring (bicyclic) bond motifs is 26. The van der Waals surface area contributed by atoms with Crippen molar-refractivity contribution in [2.24, 2.45) is 0 Å². The SMILES string of the molecule is c1ccc2c(-c3ccc4c(c3)c3c5ccccc5ccc3n4-c3ccc(-c4cc5cccnc5c5ncccc45)cn3)nccc2c1.c1ccc2nc(-c3ccc4c(c3)c3c5ccccc5ccc3n4-c3ccc(-c4cc5cccnc5c5ncccc45)cn3)ccc2c1.c1cncc(-c2ccc(-c3ccc4c(c3)c3c5ccccc5ccc3n4-c3ccc(-c4cc5cccnc5c5ncccc45)cn3)nc2)c1. The van der Waals surface area contributed by atoms with E-state index in [4.69, 9.17) is 44.9 Å². The Morgan fingerprint density at radius 1 is 0.168 bits per heavy atom. The highest BCUT2D eigenvalue weighted by Crippen LogP contribution is 2.46. The van der Waals surface area contributed by atoms with Crippen LogP contribution in [0.4, 0.5) is 0 Å². The van der Waals surface area contributed by atoms with Gasteiger partial charge in [-0.2, -0.15) is 0 Å². The lowest BCUT2D eigenvalue weighted by molar-refractivity contribution is 1.08. The standard InChI is InChI=1S/C43H26N6.2C42H25N5/c1-2-9-33-27(6-1)12-17-39-41(33)36-22-28(37-15-11-31(25-47-37)30-8-3-19-44-24-30)13-16-38(36)49(39)40-18-14-32(26-48-40)35-23-29-7-4-20-45-42(29)43-34(35)10-5-21-46-43;1-3-10-31-26(7-1)14-19-38-40(31)34-23-28(36-17-13-27-8-2-4-12-35(27)46-36)15-18-37(34)47(38)39-20-16-30(25-45-39)33-24-29-9-5-21-43-41(29)42-32(33)11-6-22-44-42;1-3-10-31-26(7-1)13-17-37-39(31)35-24-29(40-32-11-4-2-8-27(32)19-22-45-40)14-16-36(35)47(37)38-18-15-30(25-46-38)34-23-28-9-5-20-43-41(28)42-33(34)12-6-21-44-42/h1-26H;2*1-25H. The number of hydrogen-bond donors (Lipinski definition) is 0. The zero-order valence-electron chi connectivity index (χ0n) is 76.5. The third kappa shape index (κ3) is 13.8. The largest absolute Gasteiger partial charge is 0.294 e. The highest BCUT2D eigenvalue weighted by atomic mass is 15.1. The Labute approximate surface area is 816 Å². The number of para-hydroxylation sites is 1. The Kier molecular flexibility index (Phi) is 19.2. The van der Waals surface area contributed by atoms with Gasteiger partial charge in [-0.15, -0.1) is 0 Å². The molecule has 30 aromatic rings. The fraction of sp³-hybridized carbons (Fsp3) is 0. The predicted octanol–water partition coefficient (Wildman–Crippen LogP) is 30.8. The molecule has 143 heavy (non-hydrogen) atoms. The van der Waals surface area contributed by atoms with Gasteiger partial charge in [-0.05, 0) is 230 Å². The molecular formula is C127H76N16. The minimum Gasteiger partial charge on any atom is -0.294 e. The molecule has 0 atom stereocenters. The molecule has 0 aliphatic rings. The van der Waals surface area contributed by atoms with Crippen LogP contribution in [0.2, 0.25) is 0 Å². The summed E-state index contributed by atoms with van der Waals surface area (Å²) in [7, 11) is 0. The van der Waals surface area contributed by atoms with Crippen molar-refractivity contribution >= 4 is 185 Å². The summed E-state index contributed by atoms with van der Waals surface area (Å²) in [6, 6.07) is 134. The second-order valence-corrected chi connectivity index (χ2v) is 36.1. The number of pyridine rings is 13. The van der Waals surface area contributed by atoms with Crippen molar-refractivity contribution in [1.82, 2.24) is 78.5 Å². The summed E-state index contributed by atoms with van der Waals surface area (Å²) in [6.07, 6.45) is 24.3. The first-order chi connectivity index (χ1) is 70.9. The first-order valence-corrected chi connectivity index (χ1v) is 47.6. The van der Waals surface area contributed by atoms with E-state index in [0.717, 1.165) is 216 Å². The van der Waals surface area contributed by atoms with E-state index in [1.807, 2.05) is 123 Å². The molecule has 16 aromatic heterocycles. The molecular weight excluding hydrogens is 1750 g/mol. The van der Waals surface area contributed by atoms with Gasteiger partial charge in [-0.3, -0.25) is 58.6 Å². The Hall–Kier alpha value is -19.7. The van der Waals surface area contributed by atoms with E-state index in [9.17, 15) is 0 Å². The summed E-state index contributed by atoms with van der Waals surface area (Å²) in [5.41, 5.74) is 27.6. The van der Waals surface area contributed by atoms with Crippen LogP contribution in [0.15, 0.2) is 463 Å². The van der Waals surface area contributed by atoms with Gasteiger partial charge >= 0.3 is 0 Å². The Bertz CT molecular complexity index is 10400. The fourth-order valence-electron chi connectivity index (χ4n) is 21.5. The van der Waals surface area contributed by atoms with E-state index in [0.29, 0.717) is 0 Å². The topological polar surface area (TPSA) is 182 Å². The van der Waals surface area contributed by atoms with E-state index in [-0.39, 0.29) is 0 Å². The Morgan fingerprint density at radius 3 is 0.937 bits per heavy atom. The van der Waals surface area contributed by atoms with E-state index in [1.165, 1.54) is 64.6 Å². The highest BCUT2D eigenvalue weighted by molar-refractivity contribution is 6.26. The third-order valence-electron chi connectivity index (χ3n) is 28.1. The van der Waals surface area contributed by atoms with Crippen molar-refractivity contribution in [1.29, 1.82) is 0 Å².